The highest BCUT2D eigenvalue weighted by molar-refractivity contribution is 9.10. The maximum absolute atomic E-state index is 8.95. The summed E-state index contributed by atoms with van der Waals surface area (Å²) in [5.41, 5.74) is 1.17. The van der Waals surface area contributed by atoms with Gasteiger partial charge in [0.05, 0.1) is 11.0 Å². The summed E-state index contributed by atoms with van der Waals surface area (Å²) >= 11 is 3.49. The molecule has 7 heteroatoms. The fourth-order valence-electron chi connectivity index (χ4n) is 3.67. The molecule has 5 nitrogen and oxygen atoms in total. The van der Waals surface area contributed by atoms with E-state index < -0.39 is 13.7 Å². The Balaban J connectivity index is 1.76. The van der Waals surface area contributed by atoms with E-state index in [1.165, 1.54) is 0 Å². The highest BCUT2D eigenvalue weighted by Crippen LogP contribution is 2.49. The molecule has 1 aliphatic rings. The van der Waals surface area contributed by atoms with Gasteiger partial charge in [0.25, 0.3) is 0 Å². The lowest BCUT2D eigenvalue weighted by Gasteiger charge is -2.28. The average molecular weight is 505 g/mol. The summed E-state index contributed by atoms with van der Waals surface area (Å²) in [7, 11) is -1.13. The minimum absolute atomic E-state index is 0.200. The van der Waals surface area contributed by atoms with Crippen LogP contribution in [0.2, 0.25) is 25.7 Å². The number of nitrogens with one attached hydrogen (secondary N) is 2. The minimum Gasteiger partial charge on any atom is -0.356 e. The standard InChI is InChI=1S/C24H34BrN3O2Si/c1-23(2,30-17-29-15-16-31(3,4)5)20-7-6-14-28(21(20)26)22(27)24(12-13-24)18-8-10-19(25)11-9-18/h6-11,14,26-27H,12-13,15-17H2,1-5H3. The fraction of sp³-hybridized carbons (Fsp3) is 0.500. The number of benzene rings is 1. The van der Waals surface area contributed by atoms with Crippen LogP contribution in [-0.4, -0.2) is 31.9 Å². The molecular weight excluding hydrogens is 470 g/mol. The van der Waals surface area contributed by atoms with Crippen molar-refractivity contribution in [1.82, 2.24) is 4.57 Å². The Morgan fingerprint density at radius 1 is 1.16 bits per heavy atom. The van der Waals surface area contributed by atoms with Gasteiger partial charge < -0.3 is 9.47 Å². The summed E-state index contributed by atoms with van der Waals surface area (Å²) in [6, 6.07) is 13.1. The molecular formula is C24H34BrN3O2Si. The number of aromatic nitrogens is 1. The van der Waals surface area contributed by atoms with Gasteiger partial charge in [-0.25, -0.2) is 0 Å². The summed E-state index contributed by atoms with van der Waals surface area (Å²) in [6.07, 6.45) is 3.66. The molecule has 1 fully saturated rings. The molecule has 168 valence electrons. The molecule has 0 aliphatic heterocycles. The van der Waals surface area contributed by atoms with E-state index >= 15 is 0 Å². The van der Waals surface area contributed by atoms with Crippen molar-refractivity contribution in [1.29, 1.82) is 10.8 Å². The van der Waals surface area contributed by atoms with Gasteiger partial charge in [0.2, 0.25) is 0 Å². The molecule has 0 unspecified atom stereocenters. The average Bonchev–Trinajstić information content (AvgIpc) is 3.49. The molecule has 2 aromatic rings. The van der Waals surface area contributed by atoms with E-state index in [-0.39, 0.29) is 12.2 Å². The quantitative estimate of drug-likeness (QED) is 0.148. The predicted octanol–water partition coefficient (Wildman–Crippen LogP) is 5.85. The van der Waals surface area contributed by atoms with E-state index in [9.17, 15) is 0 Å². The molecule has 3 rings (SSSR count). The minimum atomic E-state index is -1.13. The van der Waals surface area contributed by atoms with Crippen molar-refractivity contribution in [2.24, 2.45) is 0 Å². The van der Waals surface area contributed by atoms with E-state index in [1.54, 1.807) is 4.57 Å². The third-order valence-corrected chi connectivity index (χ3v) is 8.22. The molecule has 0 bridgehead atoms. The van der Waals surface area contributed by atoms with Crippen molar-refractivity contribution in [3.63, 3.8) is 0 Å². The van der Waals surface area contributed by atoms with Gasteiger partial charge in [0.15, 0.2) is 0 Å². The second-order valence-electron chi connectivity index (χ2n) is 10.1. The monoisotopic (exact) mass is 503 g/mol. The van der Waals surface area contributed by atoms with Crippen molar-refractivity contribution in [2.75, 3.05) is 13.4 Å². The fourth-order valence-corrected chi connectivity index (χ4v) is 4.69. The maximum atomic E-state index is 8.95. The van der Waals surface area contributed by atoms with Crippen LogP contribution in [0.3, 0.4) is 0 Å². The highest BCUT2D eigenvalue weighted by atomic mass is 79.9. The van der Waals surface area contributed by atoms with Crippen LogP contribution in [-0.2, 0) is 20.5 Å². The van der Waals surface area contributed by atoms with Crippen LogP contribution in [0.15, 0.2) is 47.1 Å². The number of halogens is 1. The van der Waals surface area contributed by atoms with E-state index in [4.69, 9.17) is 20.3 Å². The Labute approximate surface area is 195 Å². The van der Waals surface area contributed by atoms with E-state index in [1.807, 2.05) is 44.3 Å². The Hall–Kier alpha value is -1.54. The van der Waals surface area contributed by atoms with Gasteiger partial charge >= 0.3 is 0 Å². The Bertz CT molecular complexity index is 989. The molecule has 31 heavy (non-hydrogen) atoms. The number of nitrogens with zero attached hydrogens (tertiary/aromatic N) is 1. The summed E-state index contributed by atoms with van der Waals surface area (Å²) < 4.78 is 14.5. The molecule has 0 saturated heterocycles. The first-order valence-corrected chi connectivity index (χ1v) is 15.3. The largest absolute Gasteiger partial charge is 0.356 e. The predicted molar refractivity (Wildman–Crippen MR) is 132 cm³/mol. The van der Waals surface area contributed by atoms with Crippen LogP contribution in [0.1, 0.15) is 37.8 Å². The topological polar surface area (TPSA) is 71.1 Å². The molecule has 0 spiro atoms. The SMILES string of the molecule is CC(C)(OCOCC[Si](C)(C)C)c1cccn(C(=N)C2(c3ccc(Br)cc3)CC2)c1=N. The Kier molecular flexibility index (Phi) is 7.10. The van der Waals surface area contributed by atoms with Gasteiger partial charge in [-0.2, -0.15) is 0 Å². The molecule has 0 atom stereocenters. The second kappa shape index (κ2) is 9.14. The van der Waals surface area contributed by atoms with Crippen molar-refractivity contribution in [3.8, 4) is 0 Å². The second-order valence-corrected chi connectivity index (χ2v) is 16.6. The van der Waals surface area contributed by atoms with E-state index in [0.717, 1.165) is 34.5 Å². The van der Waals surface area contributed by atoms with Gasteiger partial charge in [0, 0.05) is 30.9 Å². The number of ether oxygens (including phenoxy) is 2. The normalized spacial score (nSPS) is 15.7. The van der Waals surface area contributed by atoms with Crippen molar-refractivity contribution in [2.45, 2.75) is 63.4 Å². The van der Waals surface area contributed by atoms with E-state index in [0.29, 0.717) is 17.9 Å². The summed E-state index contributed by atoms with van der Waals surface area (Å²) in [5.74, 6) is 0.448. The van der Waals surface area contributed by atoms with Crippen LogP contribution in [0.25, 0.3) is 0 Å². The molecule has 1 aromatic heterocycles. The molecule has 1 heterocycles. The lowest BCUT2D eigenvalue weighted by atomic mass is 9.93. The number of pyridine rings is 1. The Morgan fingerprint density at radius 3 is 2.39 bits per heavy atom. The molecule has 2 N–H and O–H groups in total. The zero-order chi connectivity index (χ0) is 22.9. The summed E-state index contributed by atoms with van der Waals surface area (Å²) in [5, 5.41) is 17.8. The van der Waals surface area contributed by atoms with Crippen molar-refractivity contribution < 1.29 is 9.47 Å². The number of hydrogen-bond donors (Lipinski definition) is 2. The maximum Gasteiger partial charge on any atom is 0.147 e. The molecule has 1 aliphatic carbocycles. The first-order valence-electron chi connectivity index (χ1n) is 10.8. The van der Waals surface area contributed by atoms with Crippen molar-refractivity contribution in [3.05, 3.63) is 63.7 Å². The van der Waals surface area contributed by atoms with Crippen LogP contribution >= 0.6 is 15.9 Å². The lowest BCUT2D eigenvalue weighted by molar-refractivity contribution is -0.129. The van der Waals surface area contributed by atoms with Crippen LogP contribution < -0.4 is 5.49 Å². The van der Waals surface area contributed by atoms with Gasteiger partial charge in [-0.05, 0) is 56.5 Å². The summed E-state index contributed by atoms with van der Waals surface area (Å²) in [4.78, 5) is 0. The molecule has 0 amide bonds. The van der Waals surface area contributed by atoms with Gasteiger partial charge in [-0.15, -0.1) is 0 Å². The third-order valence-electron chi connectivity index (χ3n) is 5.98. The smallest absolute Gasteiger partial charge is 0.147 e. The number of rotatable bonds is 9. The van der Waals surface area contributed by atoms with Crippen molar-refractivity contribution >= 4 is 29.8 Å². The third kappa shape index (κ3) is 5.63. The van der Waals surface area contributed by atoms with Gasteiger partial charge in [0.1, 0.15) is 18.1 Å². The van der Waals surface area contributed by atoms with Crippen LogP contribution in [0, 0.1) is 10.8 Å². The highest BCUT2D eigenvalue weighted by Gasteiger charge is 2.49. The van der Waals surface area contributed by atoms with Crippen LogP contribution in [0.5, 0.6) is 0 Å². The van der Waals surface area contributed by atoms with Crippen LogP contribution in [0.4, 0.5) is 0 Å². The zero-order valence-electron chi connectivity index (χ0n) is 19.2. The number of hydrogen-bond acceptors (Lipinski definition) is 4. The Morgan fingerprint density at radius 2 is 1.81 bits per heavy atom. The molecule has 1 aromatic carbocycles. The van der Waals surface area contributed by atoms with Gasteiger partial charge in [-0.1, -0.05) is 53.8 Å². The van der Waals surface area contributed by atoms with Gasteiger partial charge in [-0.3, -0.25) is 15.4 Å². The lowest BCUT2D eigenvalue weighted by Crippen LogP contribution is -2.40. The molecule has 0 radical (unpaired) electrons. The first-order chi connectivity index (χ1) is 14.5. The summed E-state index contributed by atoms with van der Waals surface area (Å²) in [6.45, 7) is 11.8. The first kappa shape index (κ1) is 24.1. The molecule has 1 saturated carbocycles. The zero-order valence-corrected chi connectivity index (χ0v) is 21.8. The van der Waals surface area contributed by atoms with E-state index in [2.05, 4.69) is 47.7 Å².